The van der Waals surface area contributed by atoms with Crippen LogP contribution in [-0.2, 0) is 17.6 Å². The maximum absolute atomic E-state index is 5.98. The van der Waals surface area contributed by atoms with Crippen LogP contribution >= 0.6 is 0 Å². The third-order valence-corrected chi connectivity index (χ3v) is 3.54. The number of methoxy groups -OCH3 is 1. The predicted molar refractivity (Wildman–Crippen MR) is 60.9 cm³/mol. The van der Waals surface area contributed by atoms with E-state index in [0.29, 0.717) is 11.7 Å². The lowest BCUT2D eigenvalue weighted by molar-refractivity contribution is 0.0771. The van der Waals surface area contributed by atoms with E-state index < -0.39 is 0 Å². The van der Waals surface area contributed by atoms with Crippen LogP contribution in [0.4, 0.5) is 5.82 Å². The molecule has 2 N–H and O–H groups in total. The second-order valence-electron chi connectivity index (χ2n) is 4.74. The average Bonchev–Trinajstić information content (AvgIpc) is 2.96. The summed E-state index contributed by atoms with van der Waals surface area (Å²) in [6.45, 7) is 0. The smallest absolute Gasteiger partial charge is 0.160 e. The molecular weight excluding hydrogens is 202 g/mol. The van der Waals surface area contributed by atoms with Gasteiger partial charge in [-0.2, -0.15) is 0 Å². The molecule has 1 aromatic heterocycles. The minimum Gasteiger partial charge on any atom is -0.383 e. The first-order valence-corrected chi connectivity index (χ1v) is 5.97. The van der Waals surface area contributed by atoms with E-state index in [-0.39, 0.29) is 6.10 Å². The second kappa shape index (κ2) is 3.70. The molecule has 0 saturated heterocycles. The summed E-state index contributed by atoms with van der Waals surface area (Å²) in [7, 11) is 1.73. The summed E-state index contributed by atoms with van der Waals surface area (Å²) in [5.74, 6) is 2.06. The molecular formula is C12H17N3O. The fourth-order valence-electron chi connectivity index (χ4n) is 2.52. The van der Waals surface area contributed by atoms with E-state index in [2.05, 4.69) is 9.97 Å². The molecule has 1 aromatic rings. The molecule has 0 radical (unpaired) electrons. The van der Waals surface area contributed by atoms with E-state index in [4.69, 9.17) is 10.5 Å². The Hall–Kier alpha value is -1.16. The Bertz CT molecular complexity index is 415. The number of nitrogens with zero attached hydrogens (tertiary/aromatic N) is 2. The molecule has 1 fully saturated rings. The van der Waals surface area contributed by atoms with Gasteiger partial charge in [0, 0.05) is 18.4 Å². The molecule has 1 unspecified atom stereocenters. The first-order chi connectivity index (χ1) is 7.79. The van der Waals surface area contributed by atoms with Crippen LogP contribution in [0.25, 0.3) is 0 Å². The SMILES string of the molecule is COC(c1nc(N)c2c(n1)CCC2)C1CC1. The summed E-state index contributed by atoms with van der Waals surface area (Å²) in [6.07, 6.45) is 5.71. The van der Waals surface area contributed by atoms with E-state index in [1.165, 1.54) is 12.8 Å². The van der Waals surface area contributed by atoms with Crippen LogP contribution in [0.1, 0.15) is 42.4 Å². The molecule has 3 rings (SSSR count). The fraction of sp³-hybridized carbons (Fsp3) is 0.667. The first kappa shape index (κ1) is 10.0. The van der Waals surface area contributed by atoms with Crippen molar-refractivity contribution in [1.82, 2.24) is 9.97 Å². The van der Waals surface area contributed by atoms with Crippen LogP contribution in [-0.4, -0.2) is 17.1 Å². The van der Waals surface area contributed by atoms with E-state index in [1.807, 2.05) is 0 Å². The summed E-state index contributed by atoms with van der Waals surface area (Å²) in [5, 5.41) is 0. The van der Waals surface area contributed by atoms with Gasteiger partial charge in [0.25, 0.3) is 0 Å². The van der Waals surface area contributed by atoms with Crippen molar-refractivity contribution in [3.8, 4) is 0 Å². The Morgan fingerprint density at radius 2 is 2.12 bits per heavy atom. The molecule has 16 heavy (non-hydrogen) atoms. The number of rotatable bonds is 3. The van der Waals surface area contributed by atoms with Gasteiger partial charge in [0.05, 0.1) is 0 Å². The highest BCUT2D eigenvalue weighted by molar-refractivity contribution is 5.45. The van der Waals surface area contributed by atoms with Crippen molar-refractivity contribution in [3.63, 3.8) is 0 Å². The normalized spacial score (nSPS) is 20.8. The number of nitrogens with two attached hydrogens (primary N) is 1. The average molecular weight is 219 g/mol. The minimum atomic E-state index is 0.0493. The number of anilines is 1. The Labute approximate surface area is 95.2 Å². The van der Waals surface area contributed by atoms with Gasteiger partial charge in [-0.3, -0.25) is 0 Å². The monoisotopic (exact) mass is 219 g/mol. The van der Waals surface area contributed by atoms with Gasteiger partial charge < -0.3 is 10.5 Å². The molecule has 0 amide bonds. The van der Waals surface area contributed by atoms with Crippen molar-refractivity contribution in [2.45, 2.75) is 38.2 Å². The van der Waals surface area contributed by atoms with Crippen LogP contribution in [0.15, 0.2) is 0 Å². The van der Waals surface area contributed by atoms with Gasteiger partial charge in [0.1, 0.15) is 11.9 Å². The molecule has 1 atom stereocenters. The van der Waals surface area contributed by atoms with Crippen molar-refractivity contribution in [1.29, 1.82) is 0 Å². The van der Waals surface area contributed by atoms with E-state index in [0.717, 1.165) is 36.3 Å². The molecule has 4 heteroatoms. The van der Waals surface area contributed by atoms with Crippen LogP contribution in [0.5, 0.6) is 0 Å². The van der Waals surface area contributed by atoms with Crippen molar-refractivity contribution in [3.05, 3.63) is 17.1 Å². The van der Waals surface area contributed by atoms with Gasteiger partial charge >= 0.3 is 0 Å². The lowest BCUT2D eigenvalue weighted by atomic mass is 10.2. The molecule has 0 aliphatic heterocycles. The summed E-state index contributed by atoms with van der Waals surface area (Å²) < 4.78 is 5.49. The molecule has 1 heterocycles. The fourth-order valence-corrected chi connectivity index (χ4v) is 2.52. The number of nitrogen functional groups attached to an aromatic ring is 1. The number of fused-ring (bicyclic) bond motifs is 1. The van der Waals surface area contributed by atoms with Crippen LogP contribution in [0.2, 0.25) is 0 Å². The van der Waals surface area contributed by atoms with E-state index >= 15 is 0 Å². The molecule has 2 aliphatic rings. The molecule has 4 nitrogen and oxygen atoms in total. The zero-order valence-electron chi connectivity index (χ0n) is 9.57. The van der Waals surface area contributed by atoms with Gasteiger partial charge in [-0.25, -0.2) is 9.97 Å². The van der Waals surface area contributed by atoms with Crippen LogP contribution in [0, 0.1) is 5.92 Å². The topological polar surface area (TPSA) is 61.0 Å². The lowest BCUT2D eigenvalue weighted by Crippen LogP contribution is -2.12. The molecule has 86 valence electrons. The number of hydrogen-bond acceptors (Lipinski definition) is 4. The number of aromatic nitrogens is 2. The maximum Gasteiger partial charge on any atom is 0.160 e. The number of aryl methyl sites for hydroxylation is 1. The van der Waals surface area contributed by atoms with Crippen LogP contribution < -0.4 is 5.73 Å². The Balaban J connectivity index is 1.98. The highest BCUT2D eigenvalue weighted by atomic mass is 16.5. The van der Waals surface area contributed by atoms with Gasteiger partial charge in [-0.05, 0) is 38.0 Å². The summed E-state index contributed by atoms with van der Waals surface area (Å²) in [6, 6.07) is 0. The minimum absolute atomic E-state index is 0.0493. The zero-order chi connectivity index (χ0) is 11.1. The maximum atomic E-state index is 5.98. The van der Waals surface area contributed by atoms with Gasteiger partial charge in [-0.1, -0.05) is 0 Å². The summed E-state index contributed by atoms with van der Waals surface area (Å²) in [5.41, 5.74) is 8.28. The van der Waals surface area contributed by atoms with Crippen molar-refractivity contribution < 1.29 is 4.74 Å². The number of hydrogen-bond donors (Lipinski definition) is 1. The third kappa shape index (κ3) is 1.57. The molecule has 0 bridgehead atoms. The molecule has 1 saturated carbocycles. The highest BCUT2D eigenvalue weighted by Crippen LogP contribution is 2.42. The van der Waals surface area contributed by atoms with Gasteiger partial charge in [0.2, 0.25) is 0 Å². The second-order valence-corrected chi connectivity index (χ2v) is 4.74. The third-order valence-electron chi connectivity index (χ3n) is 3.54. The Kier molecular flexibility index (Phi) is 2.32. The van der Waals surface area contributed by atoms with Crippen molar-refractivity contribution in [2.24, 2.45) is 5.92 Å². The quantitative estimate of drug-likeness (QED) is 0.839. The highest BCUT2D eigenvalue weighted by Gasteiger charge is 2.35. The molecule has 0 aromatic carbocycles. The summed E-state index contributed by atoms with van der Waals surface area (Å²) in [4.78, 5) is 9.05. The van der Waals surface area contributed by atoms with Crippen molar-refractivity contribution >= 4 is 5.82 Å². The number of ether oxygens (including phenoxy) is 1. The Morgan fingerprint density at radius 3 is 2.81 bits per heavy atom. The molecule has 2 aliphatic carbocycles. The van der Waals surface area contributed by atoms with Crippen LogP contribution in [0.3, 0.4) is 0 Å². The predicted octanol–water partition coefficient (Wildman–Crippen LogP) is 1.64. The van der Waals surface area contributed by atoms with E-state index in [9.17, 15) is 0 Å². The molecule has 0 spiro atoms. The standard InChI is InChI=1S/C12H17N3O/c1-16-10(7-5-6-7)12-14-9-4-2-3-8(9)11(13)15-12/h7,10H,2-6H2,1H3,(H2,13,14,15). The van der Waals surface area contributed by atoms with Gasteiger partial charge in [0.15, 0.2) is 5.82 Å². The van der Waals surface area contributed by atoms with Crippen molar-refractivity contribution in [2.75, 3.05) is 12.8 Å². The van der Waals surface area contributed by atoms with E-state index in [1.54, 1.807) is 7.11 Å². The first-order valence-electron chi connectivity index (χ1n) is 5.97. The largest absolute Gasteiger partial charge is 0.383 e. The summed E-state index contributed by atoms with van der Waals surface area (Å²) >= 11 is 0. The Morgan fingerprint density at radius 1 is 1.31 bits per heavy atom. The lowest BCUT2D eigenvalue weighted by Gasteiger charge is -2.14. The van der Waals surface area contributed by atoms with Gasteiger partial charge in [-0.15, -0.1) is 0 Å². The zero-order valence-corrected chi connectivity index (χ0v) is 9.57.